The first-order valence-electron chi connectivity index (χ1n) is 3.95. The number of hydrogen-bond donors (Lipinski definition) is 1. The van der Waals surface area contributed by atoms with Crippen LogP contribution in [0.15, 0.2) is 0 Å². The summed E-state index contributed by atoms with van der Waals surface area (Å²) in [6.07, 6.45) is 4.11. The largest absolute Gasteiger partial charge is 0.358 e. The molecule has 0 aliphatic carbocycles. The second-order valence-corrected chi connectivity index (χ2v) is 2.76. The van der Waals surface area contributed by atoms with E-state index in [-0.39, 0.29) is 0 Å². The van der Waals surface area contributed by atoms with Crippen LogP contribution in [0.2, 0.25) is 0 Å². The van der Waals surface area contributed by atoms with Crippen LogP contribution in [0.1, 0.15) is 19.3 Å². The standard InChI is InChI=1S/C7H16N2/c8-4-3-7-9-5-1-2-6-9/h1-8H2/p+1. The normalized spacial score (nSPS) is 21.0. The fourth-order valence-corrected chi connectivity index (χ4v) is 1.34. The van der Waals surface area contributed by atoms with Crippen molar-refractivity contribution >= 4 is 0 Å². The molecule has 0 radical (unpaired) electrons. The van der Waals surface area contributed by atoms with E-state index in [4.69, 9.17) is 0 Å². The highest BCUT2D eigenvalue weighted by Gasteiger charge is 2.09. The summed E-state index contributed by atoms with van der Waals surface area (Å²) in [6, 6.07) is 0. The summed E-state index contributed by atoms with van der Waals surface area (Å²) in [6.45, 7) is 5.04. The second kappa shape index (κ2) is 3.85. The fourth-order valence-electron chi connectivity index (χ4n) is 1.34. The Labute approximate surface area is 57.0 Å². The Kier molecular flexibility index (Phi) is 3.01. The lowest BCUT2D eigenvalue weighted by Gasteiger charge is -2.11. The third-order valence-electron chi connectivity index (χ3n) is 1.92. The predicted molar refractivity (Wildman–Crippen MR) is 38.0 cm³/mol. The molecule has 2 nitrogen and oxygen atoms in total. The zero-order chi connectivity index (χ0) is 6.53. The summed E-state index contributed by atoms with van der Waals surface area (Å²) in [5.74, 6) is 0. The quantitative estimate of drug-likeness (QED) is 0.558. The first kappa shape index (κ1) is 7.03. The van der Waals surface area contributed by atoms with Crippen LogP contribution in [0.25, 0.3) is 0 Å². The van der Waals surface area contributed by atoms with Crippen molar-refractivity contribution in [3.05, 3.63) is 0 Å². The van der Waals surface area contributed by atoms with Gasteiger partial charge in [-0.05, 0) is 25.9 Å². The predicted octanol–water partition coefficient (Wildman–Crippen LogP) is -0.286. The van der Waals surface area contributed by atoms with E-state index in [0.29, 0.717) is 0 Å². The Morgan fingerprint density at radius 3 is 2.44 bits per heavy atom. The van der Waals surface area contributed by atoms with E-state index in [1.165, 1.54) is 38.9 Å². The SMILES string of the molecule is [NH3+]CCCN1CCCC1. The molecule has 1 aliphatic heterocycles. The van der Waals surface area contributed by atoms with Gasteiger partial charge < -0.3 is 10.6 Å². The van der Waals surface area contributed by atoms with E-state index in [9.17, 15) is 0 Å². The molecule has 3 N–H and O–H groups in total. The van der Waals surface area contributed by atoms with Gasteiger partial charge >= 0.3 is 0 Å². The van der Waals surface area contributed by atoms with Crippen LogP contribution in [-0.2, 0) is 0 Å². The Bertz CT molecular complexity index is 67.3. The molecule has 54 valence electrons. The molecule has 9 heavy (non-hydrogen) atoms. The minimum atomic E-state index is 1.09. The Balaban J connectivity index is 1.98. The van der Waals surface area contributed by atoms with Crippen LogP contribution in [0, 0.1) is 0 Å². The molecule has 1 heterocycles. The van der Waals surface area contributed by atoms with Gasteiger partial charge in [0.05, 0.1) is 6.54 Å². The number of likely N-dealkylation sites (tertiary alicyclic amines) is 1. The molecule has 0 atom stereocenters. The molecule has 0 aromatic carbocycles. The van der Waals surface area contributed by atoms with Crippen LogP contribution >= 0.6 is 0 Å². The summed E-state index contributed by atoms with van der Waals surface area (Å²) in [5.41, 5.74) is 3.82. The maximum absolute atomic E-state index is 3.82. The molecule has 0 bridgehead atoms. The average Bonchev–Trinajstić information content (AvgIpc) is 2.34. The molecule has 0 aromatic rings. The maximum atomic E-state index is 3.82. The topological polar surface area (TPSA) is 30.9 Å². The van der Waals surface area contributed by atoms with Crippen LogP contribution < -0.4 is 5.73 Å². The van der Waals surface area contributed by atoms with Crippen molar-refractivity contribution in [2.45, 2.75) is 19.3 Å². The lowest BCUT2D eigenvalue weighted by molar-refractivity contribution is -0.368. The van der Waals surface area contributed by atoms with E-state index in [2.05, 4.69) is 10.6 Å². The van der Waals surface area contributed by atoms with Crippen LogP contribution in [0.5, 0.6) is 0 Å². The summed E-state index contributed by atoms with van der Waals surface area (Å²) in [5, 5.41) is 0. The summed E-state index contributed by atoms with van der Waals surface area (Å²) < 4.78 is 0. The lowest BCUT2D eigenvalue weighted by Crippen LogP contribution is -2.51. The van der Waals surface area contributed by atoms with Crippen LogP contribution in [-0.4, -0.2) is 31.1 Å². The Morgan fingerprint density at radius 1 is 1.22 bits per heavy atom. The average molecular weight is 129 g/mol. The molecule has 0 amide bonds. The van der Waals surface area contributed by atoms with Crippen molar-refractivity contribution in [2.24, 2.45) is 0 Å². The molecule has 0 spiro atoms. The zero-order valence-electron chi connectivity index (χ0n) is 6.10. The van der Waals surface area contributed by atoms with E-state index >= 15 is 0 Å². The Morgan fingerprint density at radius 2 is 1.89 bits per heavy atom. The third kappa shape index (κ3) is 2.33. The summed E-state index contributed by atoms with van der Waals surface area (Å²) >= 11 is 0. The molecule has 1 fully saturated rings. The minimum absolute atomic E-state index is 1.09. The van der Waals surface area contributed by atoms with E-state index in [0.717, 1.165) is 6.54 Å². The van der Waals surface area contributed by atoms with Crippen molar-refractivity contribution < 1.29 is 5.73 Å². The number of quaternary nitrogens is 1. The molecule has 2 heteroatoms. The lowest BCUT2D eigenvalue weighted by atomic mass is 10.4. The summed E-state index contributed by atoms with van der Waals surface area (Å²) in [4.78, 5) is 2.53. The highest BCUT2D eigenvalue weighted by Crippen LogP contribution is 2.06. The van der Waals surface area contributed by atoms with Gasteiger partial charge in [0.25, 0.3) is 0 Å². The van der Waals surface area contributed by atoms with E-state index in [1.807, 2.05) is 0 Å². The second-order valence-electron chi connectivity index (χ2n) is 2.76. The van der Waals surface area contributed by atoms with Crippen molar-refractivity contribution in [3.8, 4) is 0 Å². The van der Waals surface area contributed by atoms with Crippen molar-refractivity contribution in [2.75, 3.05) is 26.2 Å². The Hall–Kier alpha value is -0.0800. The first-order chi connectivity index (χ1) is 4.43. The molecular weight excluding hydrogens is 112 g/mol. The van der Waals surface area contributed by atoms with Gasteiger partial charge in [-0.3, -0.25) is 0 Å². The molecule has 1 aliphatic rings. The summed E-state index contributed by atoms with van der Waals surface area (Å²) in [7, 11) is 0. The van der Waals surface area contributed by atoms with Crippen LogP contribution in [0.3, 0.4) is 0 Å². The minimum Gasteiger partial charge on any atom is -0.358 e. The molecule has 1 rings (SSSR count). The highest BCUT2D eigenvalue weighted by atomic mass is 15.1. The smallest absolute Gasteiger partial charge is 0.0752 e. The first-order valence-corrected chi connectivity index (χ1v) is 3.95. The van der Waals surface area contributed by atoms with E-state index < -0.39 is 0 Å². The van der Waals surface area contributed by atoms with Gasteiger partial charge in [0.1, 0.15) is 0 Å². The molecular formula is C7H17N2+. The highest BCUT2D eigenvalue weighted by molar-refractivity contribution is 4.64. The molecule has 0 aromatic heterocycles. The fraction of sp³-hybridized carbons (Fsp3) is 1.00. The van der Waals surface area contributed by atoms with Crippen LogP contribution in [0.4, 0.5) is 0 Å². The number of rotatable bonds is 3. The van der Waals surface area contributed by atoms with Gasteiger partial charge in [0.2, 0.25) is 0 Å². The molecule has 0 saturated carbocycles. The van der Waals surface area contributed by atoms with Crippen molar-refractivity contribution in [3.63, 3.8) is 0 Å². The van der Waals surface area contributed by atoms with Gasteiger partial charge in [-0.25, -0.2) is 0 Å². The maximum Gasteiger partial charge on any atom is 0.0752 e. The van der Waals surface area contributed by atoms with Crippen molar-refractivity contribution in [1.29, 1.82) is 0 Å². The van der Waals surface area contributed by atoms with Gasteiger partial charge in [-0.2, -0.15) is 0 Å². The third-order valence-corrected chi connectivity index (χ3v) is 1.92. The van der Waals surface area contributed by atoms with Gasteiger partial charge in [0, 0.05) is 13.0 Å². The molecule has 0 unspecified atom stereocenters. The van der Waals surface area contributed by atoms with E-state index in [1.54, 1.807) is 0 Å². The van der Waals surface area contributed by atoms with Gasteiger partial charge in [-0.15, -0.1) is 0 Å². The zero-order valence-corrected chi connectivity index (χ0v) is 6.10. The molecule has 1 saturated heterocycles. The monoisotopic (exact) mass is 129 g/mol. The van der Waals surface area contributed by atoms with Crippen molar-refractivity contribution in [1.82, 2.24) is 4.90 Å². The number of hydrogen-bond acceptors (Lipinski definition) is 1. The van der Waals surface area contributed by atoms with Gasteiger partial charge in [0.15, 0.2) is 0 Å². The van der Waals surface area contributed by atoms with Gasteiger partial charge in [-0.1, -0.05) is 0 Å². The number of nitrogens with zero attached hydrogens (tertiary/aromatic N) is 1.